The fourth-order valence-electron chi connectivity index (χ4n) is 1.85. The molecule has 100 valence electrons. The monoisotopic (exact) mass is 280 g/mol. The number of sulfone groups is 2. The molecule has 0 saturated carbocycles. The summed E-state index contributed by atoms with van der Waals surface area (Å²) in [6, 6.07) is 0. The van der Waals surface area contributed by atoms with Gasteiger partial charge >= 0.3 is 0 Å². The van der Waals surface area contributed by atoms with Gasteiger partial charge in [0.1, 0.15) is 0 Å². The zero-order valence-corrected chi connectivity index (χ0v) is 12.0. The molecule has 1 rings (SSSR count). The maximum atomic E-state index is 11.9. The largest absolute Gasteiger partial charge is 0.228 e. The van der Waals surface area contributed by atoms with E-state index in [2.05, 4.69) is 6.92 Å². The second kappa shape index (κ2) is 5.52. The van der Waals surface area contributed by atoms with Crippen LogP contribution in [0.2, 0.25) is 0 Å². The summed E-state index contributed by atoms with van der Waals surface area (Å²) in [5, 5.41) is -0.825. The Bertz CT molecular complexity index is 486. The van der Waals surface area contributed by atoms with Gasteiger partial charge in [0.05, 0.1) is 16.8 Å². The van der Waals surface area contributed by atoms with Crippen LogP contribution in [0.25, 0.3) is 0 Å². The van der Waals surface area contributed by atoms with Crippen LogP contribution in [-0.4, -0.2) is 33.6 Å². The fraction of sp³-hybridized carbons (Fsp3) is 0.818. The van der Waals surface area contributed by atoms with Crippen molar-refractivity contribution < 1.29 is 16.8 Å². The molecule has 0 saturated heterocycles. The van der Waals surface area contributed by atoms with Crippen molar-refractivity contribution in [2.75, 3.05) is 11.5 Å². The Morgan fingerprint density at radius 3 is 2.41 bits per heavy atom. The maximum absolute atomic E-state index is 11.9. The van der Waals surface area contributed by atoms with E-state index in [1.54, 1.807) is 0 Å². The maximum Gasteiger partial charge on any atom is 0.175 e. The van der Waals surface area contributed by atoms with Gasteiger partial charge in [-0.1, -0.05) is 32.3 Å². The Kier molecular flexibility index (Phi) is 4.77. The minimum absolute atomic E-state index is 0.0942. The van der Waals surface area contributed by atoms with Gasteiger partial charge < -0.3 is 0 Å². The Morgan fingerprint density at radius 2 is 1.94 bits per heavy atom. The molecule has 1 aliphatic rings. The normalized spacial score (nSPS) is 23.6. The van der Waals surface area contributed by atoms with Crippen molar-refractivity contribution in [3.63, 3.8) is 0 Å². The van der Waals surface area contributed by atoms with Crippen LogP contribution in [0, 0.1) is 0 Å². The first-order chi connectivity index (χ1) is 7.79. The highest BCUT2D eigenvalue weighted by molar-refractivity contribution is 7.98. The molecule has 0 aliphatic carbocycles. The second-order valence-electron chi connectivity index (χ2n) is 4.52. The van der Waals surface area contributed by atoms with E-state index in [0.29, 0.717) is 6.42 Å². The van der Waals surface area contributed by atoms with Crippen molar-refractivity contribution in [1.82, 2.24) is 0 Å². The van der Waals surface area contributed by atoms with Gasteiger partial charge in [0.15, 0.2) is 19.7 Å². The highest BCUT2D eigenvalue weighted by Crippen LogP contribution is 2.23. The van der Waals surface area contributed by atoms with E-state index in [0.717, 1.165) is 19.3 Å². The average Bonchev–Trinajstić information content (AvgIpc) is 2.49. The zero-order valence-electron chi connectivity index (χ0n) is 10.3. The molecule has 0 N–H and O–H groups in total. The minimum Gasteiger partial charge on any atom is -0.228 e. The van der Waals surface area contributed by atoms with Crippen LogP contribution >= 0.6 is 0 Å². The third kappa shape index (κ3) is 3.81. The molecule has 0 amide bonds. The molecule has 17 heavy (non-hydrogen) atoms. The first-order valence-corrected chi connectivity index (χ1v) is 9.29. The summed E-state index contributed by atoms with van der Waals surface area (Å²) in [6.07, 6.45) is 4.96. The first kappa shape index (κ1) is 14.7. The SMILES string of the molecule is CCCCCCS(=O)(=O)C1C=C(C)S(=O)(=O)C1. The average molecular weight is 280 g/mol. The quantitative estimate of drug-likeness (QED) is 0.694. The molecular formula is C11H20O4S2. The lowest BCUT2D eigenvalue weighted by molar-refractivity contribution is 0.581. The molecule has 0 bridgehead atoms. The number of hydrogen-bond acceptors (Lipinski definition) is 4. The summed E-state index contributed by atoms with van der Waals surface area (Å²) in [6.45, 7) is 3.52. The number of hydrogen-bond donors (Lipinski definition) is 0. The number of allylic oxidation sites excluding steroid dienone is 1. The Morgan fingerprint density at radius 1 is 1.29 bits per heavy atom. The van der Waals surface area contributed by atoms with Crippen molar-refractivity contribution in [3.05, 3.63) is 11.0 Å². The van der Waals surface area contributed by atoms with Crippen LogP contribution in [0.4, 0.5) is 0 Å². The van der Waals surface area contributed by atoms with Crippen molar-refractivity contribution in [2.24, 2.45) is 0 Å². The van der Waals surface area contributed by atoms with Crippen LogP contribution in [0.5, 0.6) is 0 Å². The molecule has 0 aromatic carbocycles. The Balaban J connectivity index is 2.62. The molecule has 4 nitrogen and oxygen atoms in total. The summed E-state index contributed by atoms with van der Waals surface area (Å²) in [5.41, 5.74) is 0. The standard InChI is InChI=1S/C11H20O4S2/c1-3-4-5-6-7-16(12,13)11-8-10(2)17(14,15)9-11/h8,11H,3-7,9H2,1-2H3. The molecule has 0 radical (unpaired) electrons. The molecule has 6 heteroatoms. The minimum atomic E-state index is -3.31. The van der Waals surface area contributed by atoms with Crippen molar-refractivity contribution >= 4 is 19.7 Å². The number of unbranched alkanes of at least 4 members (excludes halogenated alkanes) is 3. The lowest BCUT2D eigenvalue weighted by Crippen LogP contribution is -2.25. The van der Waals surface area contributed by atoms with E-state index in [-0.39, 0.29) is 16.4 Å². The van der Waals surface area contributed by atoms with E-state index in [4.69, 9.17) is 0 Å². The van der Waals surface area contributed by atoms with Crippen LogP contribution in [0.15, 0.2) is 11.0 Å². The number of rotatable bonds is 6. The van der Waals surface area contributed by atoms with Crippen LogP contribution in [-0.2, 0) is 19.7 Å². The molecule has 1 unspecified atom stereocenters. The smallest absolute Gasteiger partial charge is 0.175 e. The van der Waals surface area contributed by atoms with Crippen molar-refractivity contribution in [3.8, 4) is 0 Å². The highest BCUT2D eigenvalue weighted by Gasteiger charge is 2.35. The van der Waals surface area contributed by atoms with Gasteiger partial charge in [-0.3, -0.25) is 0 Å². The summed E-state index contributed by atoms with van der Waals surface area (Å²) < 4.78 is 46.8. The van der Waals surface area contributed by atoms with Gasteiger partial charge in [-0.05, 0) is 13.3 Å². The molecule has 0 aromatic rings. The Labute approximate surface area is 104 Å². The van der Waals surface area contributed by atoms with Gasteiger partial charge in [-0.25, -0.2) is 16.8 Å². The van der Waals surface area contributed by atoms with E-state index >= 15 is 0 Å². The summed E-state index contributed by atoms with van der Waals surface area (Å²) in [5.74, 6) is -0.175. The van der Waals surface area contributed by atoms with E-state index in [9.17, 15) is 16.8 Å². The molecule has 1 atom stereocenters. The molecule has 1 heterocycles. The predicted molar refractivity (Wildman–Crippen MR) is 69.3 cm³/mol. The van der Waals surface area contributed by atoms with Gasteiger partial charge in [0, 0.05) is 4.91 Å². The van der Waals surface area contributed by atoms with Crippen molar-refractivity contribution in [1.29, 1.82) is 0 Å². The second-order valence-corrected chi connectivity index (χ2v) is 9.07. The van der Waals surface area contributed by atoms with E-state index < -0.39 is 24.9 Å². The summed E-state index contributed by atoms with van der Waals surface area (Å²) in [4.78, 5) is 0.194. The fourth-order valence-corrected chi connectivity index (χ4v) is 5.79. The molecule has 0 fully saturated rings. The molecule has 0 spiro atoms. The summed E-state index contributed by atoms with van der Waals surface area (Å²) in [7, 11) is -6.61. The predicted octanol–water partition coefficient (Wildman–Crippen LogP) is 1.68. The zero-order chi connectivity index (χ0) is 13.1. The van der Waals surface area contributed by atoms with Gasteiger partial charge in [-0.15, -0.1) is 0 Å². The van der Waals surface area contributed by atoms with Crippen LogP contribution in [0.1, 0.15) is 39.5 Å². The molecular weight excluding hydrogens is 260 g/mol. The third-order valence-corrected chi connectivity index (χ3v) is 7.25. The lowest BCUT2D eigenvalue weighted by atomic mass is 10.2. The van der Waals surface area contributed by atoms with E-state index in [1.165, 1.54) is 13.0 Å². The Hall–Kier alpha value is -0.360. The topological polar surface area (TPSA) is 68.3 Å². The highest BCUT2D eigenvalue weighted by atomic mass is 32.2. The molecule has 0 aromatic heterocycles. The van der Waals surface area contributed by atoms with Crippen LogP contribution < -0.4 is 0 Å². The van der Waals surface area contributed by atoms with Crippen molar-refractivity contribution in [2.45, 2.75) is 44.8 Å². The van der Waals surface area contributed by atoms with E-state index in [1.807, 2.05) is 0 Å². The van der Waals surface area contributed by atoms with Gasteiger partial charge in [0.2, 0.25) is 0 Å². The van der Waals surface area contributed by atoms with Gasteiger partial charge in [-0.2, -0.15) is 0 Å². The van der Waals surface area contributed by atoms with Crippen LogP contribution in [0.3, 0.4) is 0 Å². The first-order valence-electron chi connectivity index (χ1n) is 5.92. The lowest BCUT2D eigenvalue weighted by Gasteiger charge is -2.08. The molecule has 1 aliphatic heterocycles. The summed E-state index contributed by atoms with van der Waals surface area (Å²) >= 11 is 0. The van der Waals surface area contributed by atoms with Gasteiger partial charge in [0.25, 0.3) is 0 Å². The third-order valence-electron chi connectivity index (χ3n) is 3.04.